The summed E-state index contributed by atoms with van der Waals surface area (Å²) in [6.07, 6.45) is 1.55. The van der Waals surface area contributed by atoms with Crippen LogP contribution in [0.2, 0.25) is 0 Å². The zero-order chi connectivity index (χ0) is 32.2. The van der Waals surface area contributed by atoms with Crippen molar-refractivity contribution in [3.05, 3.63) is 157 Å². The molecule has 0 fully saturated rings. The molecular formula is C42H24N6. The lowest BCUT2D eigenvalue weighted by Crippen LogP contribution is -2.02. The van der Waals surface area contributed by atoms with Crippen LogP contribution < -0.4 is 0 Å². The summed E-state index contributed by atoms with van der Waals surface area (Å²) in [5, 5.41) is 23.5. The number of para-hydroxylation sites is 3. The lowest BCUT2D eigenvalue weighted by molar-refractivity contribution is 1.02. The number of aromatic nitrogens is 4. The van der Waals surface area contributed by atoms with Crippen LogP contribution in [0.3, 0.4) is 0 Å². The van der Waals surface area contributed by atoms with Gasteiger partial charge in [0.1, 0.15) is 12.1 Å². The zero-order valence-electron chi connectivity index (χ0n) is 25.5. The molecule has 0 aliphatic carbocycles. The van der Waals surface area contributed by atoms with Crippen molar-refractivity contribution in [3.63, 3.8) is 0 Å². The second-order valence-corrected chi connectivity index (χ2v) is 11.7. The Balaban J connectivity index is 1.12. The summed E-state index contributed by atoms with van der Waals surface area (Å²) in [6, 6.07) is 53.1. The van der Waals surface area contributed by atoms with Crippen LogP contribution in [0.1, 0.15) is 11.4 Å². The second-order valence-electron chi connectivity index (χ2n) is 11.7. The van der Waals surface area contributed by atoms with Crippen LogP contribution in [-0.2, 0) is 0 Å². The van der Waals surface area contributed by atoms with Gasteiger partial charge in [0, 0.05) is 27.2 Å². The van der Waals surface area contributed by atoms with Gasteiger partial charge in [0.15, 0.2) is 17.2 Å². The van der Waals surface area contributed by atoms with Gasteiger partial charge in [-0.05, 0) is 70.8 Å². The molecule has 6 heteroatoms. The predicted molar refractivity (Wildman–Crippen MR) is 191 cm³/mol. The van der Waals surface area contributed by atoms with Crippen LogP contribution >= 0.6 is 0 Å². The Morgan fingerprint density at radius 2 is 0.917 bits per heavy atom. The van der Waals surface area contributed by atoms with E-state index in [1.54, 1.807) is 6.20 Å². The molecule has 0 unspecified atom stereocenters. The molecule has 9 rings (SSSR count). The molecule has 3 aromatic heterocycles. The van der Waals surface area contributed by atoms with Crippen molar-refractivity contribution in [2.24, 2.45) is 0 Å². The Morgan fingerprint density at radius 1 is 0.438 bits per heavy atom. The van der Waals surface area contributed by atoms with Crippen LogP contribution in [0.4, 0.5) is 0 Å². The van der Waals surface area contributed by atoms with Crippen molar-refractivity contribution in [1.29, 1.82) is 10.5 Å². The zero-order valence-corrected chi connectivity index (χ0v) is 25.5. The van der Waals surface area contributed by atoms with Crippen LogP contribution in [0.25, 0.3) is 77.4 Å². The van der Waals surface area contributed by atoms with E-state index >= 15 is 0 Å². The highest BCUT2D eigenvalue weighted by atomic mass is 15.1. The third kappa shape index (κ3) is 4.18. The SMILES string of the molecule is N#Cc1ncc(-n2c3ccccc3c3cc(-c4ccc(-c5ccc6c(c5)c5ccccc5n6-c5ccccc5)cc4)ccc32)nc1C#N. The molecule has 0 saturated carbocycles. The van der Waals surface area contributed by atoms with Gasteiger partial charge >= 0.3 is 0 Å². The number of nitrogens with zero attached hydrogens (tertiary/aromatic N) is 6. The predicted octanol–water partition coefficient (Wildman–Crippen LogP) is 9.75. The second kappa shape index (κ2) is 10.8. The fraction of sp³-hybridized carbons (Fsp3) is 0. The smallest absolute Gasteiger partial charge is 0.179 e. The Kier molecular flexibility index (Phi) is 6.15. The van der Waals surface area contributed by atoms with Crippen LogP contribution in [0, 0.1) is 22.7 Å². The average molecular weight is 613 g/mol. The molecule has 0 N–H and O–H groups in total. The molecule has 0 aliphatic heterocycles. The number of nitriles is 2. The summed E-state index contributed by atoms with van der Waals surface area (Å²) in [7, 11) is 0. The third-order valence-corrected chi connectivity index (χ3v) is 9.11. The molecule has 222 valence electrons. The number of hydrogen-bond acceptors (Lipinski definition) is 4. The van der Waals surface area contributed by atoms with Crippen molar-refractivity contribution in [3.8, 4) is 45.9 Å². The molecule has 3 heterocycles. The number of hydrogen-bond donors (Lipinski definition) is 0. The Morgan fingerprint density at radius 3 is 1.50 bits per heavy atom. The minimum Gasteiger partial charge on any atom is -0.309 e. The van der Waals surface area contributed by atoms with Crippen LogP contribution in [0.15, 0.2) is 146 Å². The fourth-order valence-electron chi connectivity index (χ4n) is 6.91. The first-order chi connectivity index (χ1) is 23.7. The molecule has 6 nitrogen and oxygen atoms in total. The van der Waals surface area contributed by atoms with E-state index in [2.05, 4.69) is 130 Å². The van der Waals surface area contributed by atoms with Gasteiger partial charge in [-0.15, -0.1) is 0 Å². The first-order valence-corrected chi connectivity index (χ1v) is 15.6. The van der Waals surface area contributed by atoms with Gasteiger partial charge in [-0.25, -0.2) is 9.97 Å². The fourth-order valence-corrected chi connectivity index (χ4v) is 6.91. The Labute approximate surface area is 275 Å². The highest BCUT2D eigenvalue weighted by molar-refractivity contribution is 6.11. The maximum absolute atomic E-state index is 9.57. The van der Waals surface area contributed by atoms with Crippen LogP contribution in [-0.4, -0.2) is 19.1 Å². The topological polar surface area (TPSA) is 83.2 Å². The van der Waals surface area contributed by atoms with E-state index in [0.29, 0.717) is 5.82 Å². The summed E-state index contributed by atoms with van der Waals surface area (Å²) in [4.78, 5) is 8.71. The Bertz CT molecular complexity index is 2790. The minimum absolute atomic E-state index is 0.0127. The summed E-state index contributed by atoms with van der Waals surface area (Å²) < 4.78 is 4.33. The standard InChI is InChI=1S/C42H24N6/c43-24-36-37(25-44)46-42(26-45-36)48-39-13-7-5-11-33(39)35-23-30(19-21-41(35)48)28-16-14-27(15-17-28)29-18-20-40-34(22-29)32-10-4-6-12-38(32)47(40)31-8-2-1-3-9-31/h1-23,26H. The van der Waals surface area contributed by atoms with Gasteiger partial charge in [-0.1, -0.05) is 91.0 Å². The molecule has 0 aliphatic rings. The van der Waals surface area contributed by atoms with E-state index in [1.165, 1.54) is 27.4 Å². The minimum atomic E-state index is 0.0127. The number of fused-ring (bicyclic) bond motifs is 6. The van der Waals surface area contributed by atoms with Gasteiger partial charge in [0.25, 0.3) is 0 Å². The van der Waals surface area contributed by atoms with E-state index in [0.717, 1.165) is 44.2 Å². The van der Waals surface area contributed by atoms with Gasteiger partial charge in [0.05, 0.1) is 28.3 Å². The van der Waals surface area contributed by atoms with E-state index in [-0.39, 0.29) is 11.4 Å². The molecule has 48 heavy (non-hydrogen) atoms. The number of rotatable bonds is 4. The summed E-state index contributed by atoms with van der Waals surface area (Å²) in [5.74, 6) is 0.498. The molecule has 0 bridgehead atoms. The molecular weight excluding hydrogens is 589 g/mol. The van der Waals surface area contributed by atoms with E-state index in [4.69, 9.17) is 0 Å². The summed E-state index contributed by atoms with van der Waals surface area (Å²) in [6.45, 7) is 0. The first kappa shape index (κ1) is 27.3. The lowest BCUT2D eigenvalue weighted by atomic mass is 9.98. The highest BCUT2D eigenvalue weighted by Gasteiger charge is 2.17. The van der Waals surface area contributed by atoms with Gasteiger partial charge in [-0.2, -0.15) is 10.5 Å². The lowest BCUT2D eigenvalue weighted by Gasteiger charge is -2.09. The van der Waals surface area contributed by atoms with E-state index < -0.39 is 0 Å². The molecule has 0 spiro atoms. The Hall–Kier alpha value is -7.02. The average Bonchev–Trinajstić information content (AvgIpc) is 3.67. The van der Waals surface area contributed by atoms with Gasteiger partial charge in [0.2, 0.25) is 0 Å². The van der Waals surface area contributed by atoms with Crippen molar-refractivity contribution in [2.75, 3.05) is 0 Å². The normalized spacial score (nSPS) is 11.3. The number of benzene rings is 6. The van der Waals surface area contributed by atoms with E-state index in [9.17, 15) is 10.5 Å². The molecule has 0 saturated heterocycles. The third-order valence-electron chi connectivity index (χ3n) is 9.11. The maximum atomic E-state index is 9.57. The van der Waals surface area contributed by atoms with Gasteiger partial charge in [-0.3, -0.25) is 4.57 Å². The van der Waals surface area contributed by atoms with Gasteiger partial charge < -0.3 is 4.57 Å². The molecule has 9 aromatic rings. The molecule has 0 amide bonds. The monoisotopic (exact) mass is 612 g/mol. The summed E-state index contributed by atoms with van der Waals surface area (Å²) >= 11 is 0. The van der Waals surface area contributed by atoms with E-state index in [1.807, 2.05) is 41.0 Å². The summed E-state index contributed by atoms with van der Waals surface area (Å²) in [5.41, 5.74) is 10.0. The first-order valence-electron chi connectivity index (χ1n) is 15.6. The van der Waals surface area contributed by atoms with Crippen molar-refractivity contribution < 1.29 is 0 Å². The molecule has 6 aromatic carbocycles. The quantitative estimate of drug-likeness (QED) is 0.198. The van der Waals surface area contributed by atoms with Crippen molar-refractivity contribution in [2.45, 2.75) is 0 Å². The highest BCUT2D eigenvalue weighted by Crippen LogP contribution is 2.37. The maximum Gasteiger partial charge on any atom is 0.179 e. The molecule has 0 atom stereocenters. The van der Waals surface area contributed by atoms with Crippen LogP contribution in [0.5, 0.6) is 0 Å². The molecule has 0 radical (unpaired) electrons. The van der Waals surface area contributed by atoms with Crippen molar-refractivity contribution in [1.82, 2.24) is 19.1 Å². The van der Waals surface area contributed by atoms with Crippen molar-refractivity contribution >= 4 is 43.6 Å². The largest absolute Gasteiger partial charge is 0.309 e.